The number of rotatable bonds is 11. The zero-order valence-electron chi connectivity index (χ0n) is 33.4. The molecule has 12 nitrogen and oxygen atoms in total. The molecule has 2 aromatic carbocycles. The molecule has 1 heterocycles. The predicted molar refractivity (Wildman–Crippen MR) is 191 cm³/mol. The Hall–Kier alpha value is -3.91. The fourth-order valence-corrected chi connectivity index (χ4v) is 8.26. The Morgan fingerprint density at radius 1 is 0.807 bits per heavy atom. The van der Waals surface area contributed by atoms with E-state index in [4.69, 9.17) is 0 Å². The van der Waals surface area contributed by atoms with E-state index in [2.05, 4.69) is 0 Å². The Bertz CT molecular complexity index is 1810. The van der Waals surface area contributed by atoms with Crippen LogP contribution >= 0.6 is 0 Å². The van der Waals surface area contributed by atoms with E-state index in [9.17, 15) is 71.7 Å². The predicted octanol–water partition coefficient (Wildman–Crippen LogP) is 6.57. The van der Waals surface area contributed by atoms with Gasteiger partial charge in [0.15, 0.2) is 0 Å². The van der Waals surface area contributed by atoms with Crippen LogP contribution in [0.3, 0.4) is 0 Å². The lowest BCUT2D eigenvalue weighted by Gasteiger charge is -2.63. The highest BCUT2D eigenvalue weighted by molar-refractivity contribution is 5.78. The van der Waals surface area contributed by atoms with Crippen LogP contribution < -0.4 is 0 Å². The number of aliphatic hydroxyl groups is 4. The summed E-state index contributed by atoms with van der Waals surface area (Å²) in [6.45, 7) is 12.8. The molecule has 2 aromatic rings. The van der Waals surface area contributed by atoms with Crippen LogP contribution in [-0.4, -0.2) is 100 Å². The maximum atomic E-state index is 15.5. The maximum absolute atomic E-state index is 15.5. The summed E-state index contributed by atoms with van der Waals surface area (Å²) >= 11 is 0. The summed E-state index contributed by atoms with van der Waals surface area (Å²) in [5.74, 6) is -15.2. The molecule has 57 heavy (non-hydrogen) atoms. The second-order valence-corrected chi connectivity index (χ2v) is 15.6. The van der Waals surface area contributed by atoms with Gasteiger partial charge in [-0.25, -0.2) is 9.18 Å². The highest BCUT2D eigenvalue weighted by atomic mass is 19.4. The SMILES string of the molecule is CCCN(CCCCC(C)=O)C1C(C)(C)C(c2c(C)c(C)c(F)c(C)c2C)N(C(=O)N(C)C(C)c2c(O)c(C(F)(F)F)c(O)c(C(F)(F)F)c2O)C(O)(O)C1(O)O. The Balaban J connectivity index is 2.45. The lowest BCUT2D eigenvalue weighted by Crippen LogP contribution is -2.82. The van der Waals surface area contributed by atoms with Crippen LogP contribution in [0.4, 0.5) is 35.5 Å². The van der Waals surface area contributed by atoms with Gasteiger partial charge in [0.25, 0.3) is 5.79 Å². The Labute approximate surface area is 325 Å². The van der Waals surface area contributed by atoms with Crippen LogP contribution in [0.5, 0.6) is 17.2 Å². The molecule has 0 aromatic heterocycles. The lowest BCUT2D eigenvalue weighted by atomic mass is 9.64. The number of carbonyl (C=O) groups excluding carboxylic acids is 2. The number of piperidine rings is 1. The first-order valence-electron chi connectivity index (χ1n) is 18.2. The number of urea groups is 1. The fraction of sp³-hybridized carbons (Fsp3) is 0.632. The van der Waals surface area contributed by atoms with E-state index in [0.29, 0.717) is 24.2 Å². The first kappa shape index (κ1) is 47.5. The number of aromatic hydroxyl groups is 3. The number of phenolic OH excluding ortho intramolecular Hbond substituents is 3. The van der Waals surface area contributed by atoms with Gasteiger partial charge in [-0.3, -0.25) is 9.80 Å². The minimum atomic E-state index is -5.83. The van der Waals surface area contributed by atoms with Gasteiger partial charge in [0.2, 0.25) is 0 Å². The summed E-state index contributed by atoms with van der Waals surface area (Å²) in [5, 5.41) is 79.4. The van der Waals surface area contributed by atoms with Gasteiger partial charge in [-0.1, -0.05) is 20.8 Å². The Morgan fingerprint density at radius 2 is 1.26 bits per heavy atom. The topological polar surface area (TPSA) is 185 Å². The zero-order valence-corrected chi connectivity index (χ0v) is 33.4. The molecule has 0 spiro atoms. The molecular weight excluding hydrogens is 775 g/mol. The van der Waals surface area contributed by atoms with E-state index in [1.54, 1.807) is 11.8 Å². The van der Waals surface area contributed by atoms with Gasteiger partial charge < -0.3 is 45.4 Å². The zero-order chi connectivity index (χ0) is 44.3. The number of Topliss-reactive ketones (excluding diaryl/α,β-unsaturated/α-hetero) is 1. The van der Waals surface area contributed by atoms with E-state index in [0.717, 1.165) is 14.0 Å². The monoisotopic (exact) mass is 827 g/mol. The molecule has 3 unspecified atom stereocenters. The van der Waals surface area contributed by atoms with Crippen molar-refractivity contribution in [3.63, 3.8) is 0 Å². The number of nitrogens with zero attached hydrogens (tertiary/aromatic N) is 3. The van der Waals surface area contributed by atoms with Crippen molar-refractivity contribution in [2.75, 3.05) is 20.1 Å². The van der Waals surface area contributed by atoms with E-state index < -0.39 is 93.4 Å². The summed E-state index contributed by atoms with van der Waals surface area (Å²) in [6, 6.07) is -7.25. The van der Waals surface area contributed by atoms with Crippen LogP contribution in [0.2, 0.25) is 0 Å². The number of amides is 2. The molecule has 1 saturated heterocycles. The molecule has 3 atom stereocenters. The molecule has 0 aliphatic carbocycles. The number of unbranched alkanes of at least 4 members (excludes halogenated alkanes) is 1. The molecule has 7 N–H and O–H groups in total. The van der Waals surface area contributed by atoms with Crippen molar-refractivity contribution in [3.05, 3.63) is 50.3 Å². The van der Waals surface area contributed by atoms with E-state index in [1.165, 1.54) is 48.5 Å². The smallest absolute Gasteiger partial charge is 0.423 e. The fourth-order valence-electron chi connectivity index (χ4n) is 8.26. The van der Waals surface area contributed by atoms with Gasteiger partial charge in [0, 0.05) is 18.9 Å². The highest BCUT2D eigenvalue weighted by Crippen LogP contribution is 2.59. The van der Waals surface area contributed by atoms with Crippen LogP contribution in [0.1, 0.15) is 117 Å². The molecule has 0 bridgehead atoms. The number of ketones is 1. The normalized spacial score (nSPS) is 19.9. The van der Waals surface area contributed by atoms with Crippen molar-refractivity contribution in [1.29, 1.82) is 0 Å². The number of alkyl halides is 6. The molecule has 322 valence electrons. The summed E-state index contributed by atoms with van der Waals surface area (Å²) in [6.07, 6.45) is -10.4. The van der Waals surface area contributed by atoms with Gasteiger partial charge >= 0.3 is 24.3 Å². The lowest BCUT2D eigenvalue weighted by molar-refractivity contribution is -0.455. The number of halogens is 7. The van der Waals surface area contributed by atoms with Crippen molar-refractivity contribution in [2.24, 2.45) is 5.41 Å². The molecule has 3 rings (SSSR count). The summed E-state index contributed by atoms with van der Waals surface area (Å²) in [4.78, 5) is 28.5. The molecular formula is C38H52F7N3O9. The molecule has 1 aliphatic heterocycles. The molecule has 0 saturated carbocycles. The highest BCUT2D eigenvalue weighted by Gasteiger charge is 2.72. The van der Waals surface area contributed by atoms with Crippen molar-refractivity contribution >= 4 is 11.8 Å². The second-order valence-electron chi connectivity index (χ2n) is 15.6. The number of carbonyl (C=O) groups is 2. The van der Waals surface area contributed by atoms with Crippen LogP contribution in [0, 0.1) is 38.9 Å². The minimum absolute atomic E-state index is 0.0637. The summed E-state index contributed by atoms with van der Waals surface area (Å²) in [5.41, 5.74) is -7.83. The first-order valence-corrected chi connectivity index (χ1v) is 18.2. The first-order chi connectivity index (χ1) is 25.8. The number of hydrogen-bond acceptors (Lipinski definition) is 10. The third-order valence-electron chi connectivity index (χ3n) is 11.4. The summed E-state index contributed by atoms with van der Waals surface area (Å²) < 4.78 is 99.8. The largest absolute Gasteiger partial charge is 0.507 e. The molecule has 19 heteroatoms. The van der Waals surface area contributed by atoms with Gasteiger partial charge in [-0.15, -0.1) is 0 Å². The van der Waals surface area contributed by atoms with Crippen molar-refractivity contribution in [3.8, 4) is 17.2 Å². The molecule has 0 radical (unpaired) electrons. The standard InChI is InChI=1S/C38H52F7N3O9/c1-11-15-47(16-13-12-14-17(2)49)32-34(8,9)31(23-18(3)20(5)27(39)21(6)19(23)4)48(38(56,57)35(32,54)55)33(53)46(10)22(7)24-28(50)25(36(40,41)42)30(52)26(29(24)51)37(43,44)45/h22,31-32,50-52,54-57H,11-16H2,1-10H3. The second kappa shape index (κ2) is 16.0. The van der Waals surface area contributed by atoms with E-state index >= 15 is 4.39 Å². The van der Waals surface area contributed by atoms with Gasteiger partial charge in [-0.05, 0) is 102 Å². The third-order valence-corrected chi connectivity index (χ3v) is 11.4. The van der Waals surface area contributed by atoms with E-state index in [1.807, 2.05) is 0 Å². The third kappa shape index (κ3) is 8.09. The van der Waals surface area contributed by atoms with Gasteiger partial charge in [-0.2, -0.15) is 26.3 Å². The number of benzene rings is 2. The van der Waals surface area contributed by atoms with Crippen LogP contribution in [0.25, 0.3) is 0 Å². The quantitative estimate of drug-likeness (QED) is 0.0743. The van der Waals surface area contributed by atoms with Crippen molar-refractivity contribution < 1.29 is 76.1 Å². The number of likely N-dealkylation sites (tertiary alicyclic amines) is 1. The number of phenols is 3. The molecule has 1 fully saturated rings. The molecule has 1 aliphatic rings. The van der Waals surface area contributed by atoms with Crippen LogP contribution in [0.15, 0.2) is 0 Å². The summed E-state index contributed by atoms with van der Waals surface area (Å²) in [7, 11) is 0.765. The van der Waals surface area contributed by atoms with E-state index in [-0.39, 0.29) is 58.0 Å². The van der Waals surface area contributed by atoms with Gasteiger partial charge in [0.1, 0.15) is 40.0 Å². The van der Waals surface area contributed by atoms with Crippen LogP contribution in [-0.2, 0) is 17.1 Å². The van der Waals surface area contributed by atoms with Crippen molar-refractivity contribution in [2.45, 2.75) is 130 Å². The Kier molecular flexibility index (Phi) is 13.4. The average Bonchev–Trinajstić information content (AvgIpc) is 3.04. The van der Waals surface area contributed by atoms with Crippen molar-refractivity contribution in [1.82, 2.24) is 14.7 Å². The average molecular weight is 828 g/mol. The molecule has 2 amide bonds. The number of hydrogen-bond donors (Lipinski definition) is 7. The van der Waals surface area contributed by atoms with Gasteiger partial charge in [0.05, 0.1) is 23.7 Å². The maximum Gasteiger partial charge on any atom is 0.423 e. The minimum Gasteiger partial charge on any atom is -0.507 e. The Morgan fingerprint density at radius 3 is 1.67 bits per heavy atom.